The average Bonchev–Trinajstić information content (AvgIpc) is 2.27. The van der Waals surface area contributed by atoms with E-state index in [1.54, 1.807) is 0 Å². The second-order valence-electron chi connectivity index (χ2n) is 4.57. The predicted octanol–water partition coefficient (Wildman–Crippen LogP) is 4.85. The Morgan fingerprint density at radius 3 is 2.41 bits per heavy atom. The molecule has 2 nitrogen and oxygen atoms in total. The van der Waals surface area contributed by atoms with E-state index in [0.717, 1.165) is 23.6 Å². The van der Waals surface area contributed by atoms with E-state index in [9.17, 15) is 0 Å². The molecule has 0 saturated heterocycles. The molecule has 92 valence electrons. The van der Waals surface area contributed by atoms with Gasteiger partial charge in [-0.1, -0.05) is 36.9 Å². The van der Waals surface area contributed by atoms with Crippen LogP contribution < -0.4 is 5.43 Å². The minimum atomic E-state index is 0.743. The SMILES string of the molecule is Clc1cccc(NN=C2CCCCCCC2)c1. The highest BCUT2D eigenvalue weighted by Gasteiger charge is 2.04. The highest BCUT2D eigenvalue weighted by atomic mass is 35.5. The summed E-state index contributed by atoms with van der Waals surface area (Å²) in [4.78, 5) is 0. The third-order valence-corrected chi connectivity index (χ3v) is 3.33. The molecule has 2 rings (SSSR count). The van der Waals surface area contributed by atoms with Crippen LogP contribution in [-0.4, -0.2) is 5.71 Å². The zero-order valence-corrected chi connectivity index (χ0v) is 10.8. The molecule has 0 bridgehead atoms. The van der Waals surface area contributed by atoms with Gasteiger partial charge in [0.15, 0.2) is 0 Å². The molecule has 0 aromatic heterocycles. The number of hydrazone groups is 1. The average molecular weight is 251 g/mol. The normalized spacial score (nSPS) is 17.1. The molecule has 0 spiro atoms. The van der Waals surface area contributed by atoms with Gasteiger partial charge in [0, 0.05) is 10.7 Å². The van der Waals surface area contributed by atoms with Crippen molar-refractivity contribution in [2.24, 2.45) is 5.10 Å². The molecule has 3 heteroatoms. The molecule has 17 heavy (non-hydrogen) atoms. The monoisotopic (exact) mass is 250 g/mol. The summed E-state index contributed by atoms with van der Waals surface area (Å²) in [7, 11) is 0. The van der Waals surface area contributed by atoms with Crippen LogP contribution in [0.3, 0.4) is 0 Å². The summed E-state index contributed by atoms with van der Waals surface area (Å²) < 4.78 is 0. The summed E-state index contributed by atoms with van der Waals surface area (Å²) >= 11 is 5.93. The van der Waals surface area contributed by atoms with Crippen molar-refractivity contribution in [3.63, 3.8) is 0 Å². The van der Waals surface area contributed by atoms with Crippen LogP contribution in [0.25, 0.3) is 0 Å². The summed E-state index contributed by atoms with van der Waals surface area (Å²) in [6.45, 7) is 0. The van der Waals surface area contributed by atoms with Crippen LogP contribution in [0.2, 0.25) is 5.02 Å². The molecule has 0 heterocycles. The molecule has 1 fully saturated rings. The number of halogens is 1. The molecule has 0 amide bonds. The molecular formula is C14H19ClN2. The molecular weight excluding hydrogens is 232 g/mol. The summed E-state index contributed by atoms with van der Waals surface area (Å²) in [5.41, 5.74) is 5.37. The topological polar surface area (TPSA) is 24.4 Å². The number of nitrogens with one attached hydrogen (secondary N) is 1. The number of anilines is 1. The third-order valence-electron chi connectivity index (χ3n) is 3.10. The van der Waals surface area contributed by atoms with Gasteiger partial charge in [0.25, 0.3) is 0 Å². The molecule has 1 aromatic rings. The van der Waals surface area contributed by atoms with E-state index in [1.165, 1.54) is 37.8 Å². The van der Waals surface area contributed by atoms with Crippen molar-refractivity contribution in [1.29, 1.82) is 0 Å². The minimum absolute atomic E-state index is 0.743. The largest absolute Gasteiger partial charge is 0.279 e. The second kappa shape index (κ2) is 6.65. The molecule has 0 radical (unpaired) electrons. The van der Waals surface area contributed by atoms with Gasteiger partial charge in [-0.3, -0.25) is 5.43 Å². The third kappa shape index (κ3) is 4.39. The maximum absolute atomic E-state index is 5.93. The molecule has 0 aliphatic heterocycles. The van der Waals surface area contributed by atoms with Gasteiger partial charge in [-0.2, -0.15) is 5.10 Å². The zero-order valence-electron chi connectivity index (χ0n) is 10.1. The maximum Gasteiger partial charge on any atom is 0.0576 e. The summed E-state index contributed by atoms with van der Waals surface area (Å²) in [6, 6.07) is 7.69. The van der Waals surface area contributed by atoms with E-state index in [4.69, 9.17) is 11.6 Å². The Labute approximate surface area is 108 Å². The number of benzene rings is 1. The maximum atomic E-state index is 5.93. The van der Waals surface area contributed by atoms with Gasteiger partial charge >= 0.3 is 0 Å². The van der Waals surface area contributed by atoms with E-state index in [2.05, 4.69) is 10.5 Å². The predicted molar refractivity (Wildman–Crippen MR) is 74.8 cm³/mol. The second-order valence-corrected chi connectivity index (χ2v) is 5.00. The summed E-state index contributed by atoms with van der Waals surface area (Å²) in [6.07, 6.45) is 8.88. The van der Waals surface area contributed by atoms with Crippen LogP contribution in [0.5, 0.6) is 0 Å². The fraction of sp³-hybridized carbons (Fsp3) is 0.500. The number of rotatable bonds is 2. The lowest BCUT2D eigenvalue weighted by Crippen LogP contribution is -2.05. The van der Waals surface area contributed by atoms with Gasteiger partial charge in [-0.25, -0.2) is 0 Å². The van der Waals surface area contributed by atoms with E-state index in [0.29, 0.717) is 0 Å². The molecule has 1 aliphatic carbocycles. The van der Waals surface area contributed by atoms with Crippen molar-refractivity contribution in [2.45, 2.75) is 44.9 Å². The Bertz CT molecular complexity index is 378. The number of nitrogens with zero attached hydrogens (tertiary/aromatic N) is 1. The first-order valence-electron chi connectivity index (χ1n) is 6.41. The number of hydrogen-bond donors (Lipinski definition) is 1. The van der Waals surface area contributed by atoms with Gasteiger partial charge in [-0.05, 0) is 43.9 Å². The Morgan fingerprint density at radius 2 is 1.71 bits per heavy atom. The highest BCUT2D eigenvalue weighted by molar-refractivity contribution is 6.30. The van der Waals surface area contributed by atoms with Crippen molar-refractivity contribution in [3.8, 4) is 0 Å². The van der Waals surface area contributed by atoms with E-state index in [-0.39, 0.29) is 0 Å². The van der Waals surface area contributed by atoms with E-state index in [1.807, 2.05) is 24.3 Å². The van der Waals surface area contributed by atoms with Crippen LogP contribution in [0.1, 0.15) is 44.9 Å². The van der Waals surface area contributed by atoms with Gasteiger partial charge in [0.1, 0.15) is 0 Å². The smallest absolute Gasteiger partial charge is 0.0576 e. The Morgan fingerprint density at radius 1 is 1.00 bits per heavy atom. The van der Waals surface area contributed by atoms with Gasteiger partial charge in [-0.15, -0.1) is 0 Å². The Balaban J connectivity index is 1.93. The first-order chi connectivity index (χ1) is 8.34. The molecule has 0 unspecified atom stereocenters. The fourth-order valence-electron chi connectivity index (χ4n) is 2.13. The lowest BCUT2D eigenvalue weighted by atomic mass is 9.99. The molecule has 1 N–H and O–H groups in total. The van der Waals surface area contributed by atoms with E-state index >= 15 is 0 Å². The number of hydrogen-bond acceptors (Lipinski definition) is 2. The summed E-state index contributed by atoms with van der Waals surface area (Å²) in [5, 5.41) is 5.25. The first kappa shape index (κ1) is 12.4. The fourth-order valence-corrected chi connectivity index (χ4v) is 2.32. The lowest BCUT2D eigenvalue weighted by molar-refractivity contribution is 0.606. The van der Waals surface area contributed by atoms with Crippen molar-refractivity contribution in [3.05, 3.63) is 29.3 Å². The van der Waals surface area contributed by atoms with Crippen molar-refractivity contribution < 1.29 is 0 Å². The van der Waals surface area contributed by atoms with E-state index < -0.39 is 0 Å². The van der Waals surface area contributed by atoms with Crippen LogP contribution in [0.4, 0.5) is 5.69 Å². The molecule has 1 saturated carbocycles. The molecule has 1 aromatic carbocycles. The van der Waals surface area contributed by atoms with Gasteiger partial charge < -0.3 is 0 Å². The van der Waals surface area contributed by atoms with Crippen molar-refractivity contribution >= 4 is 23.0 Å². The lowest BCUT2D eigenvalue weighted by Gasteiger charge is -2.11. The van der Waals surface area contributed by atoms with Gasteiger partial charge in [0.05, 0.1) is 5.69 Å². The first-order valence-corrected chi connectivity index (χ1v) is 6.79. The van der Waals surface area contributed by atoms with Crippen molar-refractivity contribution in [2.75, 3.05) is 5.43 Å². The Hall–Kier alpha value is -1.02. The van der Waals surface area contributed by atoms with Crippen LogP contribution in [-0.2, 0) is 0 Å². The molecule has 1 aliphatic rings. The minimum Gasteiger partial charge on any atom is -0.279 e. The highest BCUT2D eigenvalue weighted by Crippen LogP contribution is 2.17. The van der Waals surface area contributed by atoms with Crippen LogP contribution >= 0.6 is 11.6 Å². The standard InChI is InChI=1S/C14H19ClN2/c15-12-7-6-10-14(11-12)17-16-13-8-4-2-1-3-5-9-13/h6-7,10-11,17H,1-5,8-9H2. The zero-order chi connectivity index (χ0) is 11.9. The summed E-state index contributed by atoms with van der Waals surface area (Å²) in [5.74, 6) is 0. The van der Waals surface area contributed by atoms with Gasteiger partial charge in [0.2, 0.25) is 0 Å². The van der Waals surface area contributed by atoms with Crippen LogP contribution in [0.15, 0.2) is 29.4 Å². The molecule has 0 atom stereocenters. The quantitative estimate of drug-likeness (QED) is 0.746. The Kier molecular flexibility index (Phi) is 4.87. The van der Waals surface area contributed by atoms with Crippen molar-refractivity contribution in [1.82, 2.24) is 0 Å². The van der Waals surface area contributed by atoms with Crippen LogP contribution in [0, 0.1) is 0 Å².